The zero-order valence-corrected chi connectivity index (χ0v) is 17.0. The van der Waals surface area contributed by atoms with E-state index in [1.807, 2.05) is 43.3 Å². The highest BCUT2D eigenvalue weighted by molar-refractivity contribution is 5.92. The molecule has 0 fully saturated rings. The minimum atomic E-state index is -0.538. The zero-order valence-electron chi connectivity index (χ0n) is 17.0. The average molecular weight is 397 g/mol. The molecule has 29 heavy (non-hydrogen) atoms. The molecule has 0 radical (unpaired) electrons. The van der Waals surface area contributed by atoms with Gasteiger partial charge in [-0.2, -0.15) is 0 Å². The zero-order chi connectivity index (χ0) is 21.1. The third-order valence-electron chi connectivity index (χ3n) is 4.12. The summed E-state index contributed by atoms with van der Waals surface area (Å²) in [6.45, 7) is 4.47. The summed E-state index contributed by atoms with van der Waals surface area (Å²) in [5, 5.41) is 2.87. The molecular weight excluding hydrogens is 370 g/mol. The van der Waals surface area contributed by atoms with E-state index >= 15 is 0 Å². The van der Waals surface area contributed by atoms with Gasteiger partial charge in [-0.05, 0) is 43.7 Å². The summed E-state index contributed by atoms with van der Waals surface area (Å²) in [4.78, 5) is 24.6. The second-order valence-corrected chi connectivity index (χ2v) is 6.15. The third kappa shape index (κ3) is 6.99. The Bertz CT molecular complexity index is 847. The largest absolute Gasteiger partial charge is 0.497 e. The van der Waals surface area contributed by atoms with E-state index < -0.39 is 6.04 Å². The van der Waals surface area contributed by atoms with Crippen molar-refractivity contribution in [1.82, 2.24) is 5.32 Å². The molecule has 1 unspecified atom stereocenters. The first-order valence-corrected chi connectivity index (χ1v) is 9.57. The van der Waals surface area contributed by atoms with Gasteiger partial charge in [-0.25, -0.2) is 0 Å². The average Bonchev–Trinajstić information content (AvgIpc) is 2.73. The smallest absolute Gasteiger partial charge is 0.308 e. The van der Waals surface area contributed by atoms with Crippen LogP contribution < -0.4 is 14.8 Å². The van der Waals surface area contributed by atoms with Crippen molar-refractivity contribution < 1.29 is 23.8 Å². The van der Waals surface area contributed by atoms with E-state index in [0.717, 1.165) is 11.1 Å². The molecule has 0 bridgehead atoms. The number of amides is 1. The highest BCUT2D eigenvalue weighted by Gasteiger charge is 2.19. The van der Waals surface area contributed by atoms with E-state index in [9.17, 15) is 9.59 Å². The molecule has 6 nitrogen and oxygen atoms in total. The van der Waals surface area contributed by atoms with Gasteiger partial charge in [-0.1, -0.05) is 30.3 Å². The predicted molar refractivity (Wildman–Crippen MR) is 112 cm³/mol. The molecule has 0 aromatic heterocycles. The maximum atomic E-state index is 12.5. The molecular formula is C23H27NO5. The summed E-state index contributed by atoms with van der Waals surface area (Å²) in [5.41, 5.74) is 1.56. The molecule has 6 heteroatoms. The number of ether oxygens (including phenoxy) is 3. The van der Waals surface area contributed by atoms with Crippen LogP contribution in [-0.4, -0.2) is 32.2 Å². The highest BCUT2D eigenvalue weighted by Crippen LogP contribution is 2.23. The minimum absolute atomic E-state index is 0.0239. The van der Waals surface area contributed by atoms with Gasteiger partial charge < -0.3 is 19.5 Å². The minimum Gasteiger partial charge on any atom is -0.497 e. The third-order valence-corrected chi connectivity index (χ3v) is 4.12. The first-order valence-electron chi connectivity index (χ1n) is 9.57. The number of rotatable bonds is 10. The highest BCUT2D eigenvalue weighted by atomic mass is 16.5. The molecule has 1 atom stereocenters. The number of methoxy groups -OCH3 is 1. The molecule has 2 aromatic rings. The Morgan fingerprint density at radius 1 is 1.07 bits per heavy atom. The molecule has 1 amide bonds. The van der Waals surface area contributed by atoms with Gasteiger partial charge in [-0.3, -0.25) is 9.59 Å². The number of esters is 1. The van der Waals surface area contributed by atoms with Crippen molar-refractivity contribution in [3.8, 4) is 11.5 Å². The topological polar surface area (TPSA) is 73.9 Å². The summed E-state index contributed by atoms with van der Waals surface area (Å²) in [6.07, 6.45) is 3.14. The summed E-state index contributed by atoms with van der Waals surface area (Å²) in [7, 11) is 1.57. The summed E-state index contributed by atoms with van der Waals surface area (Å²) in [6, 6.07) is 14.2. The van der Waals surface area contributed by atoms with Crippen LogP contribution in [0.2, 0.25) is 0 Å². The SMILES string of the molecule is CCOC(=O)CC(NC(=O)/C=C/c1ccccc1OCC)c1cccc(OC)c1. The summed E-state index contributed by atoms with van der Waals surface area (Å²) < 4.78 is 15.9. The van der Waals surface area contributed by atoms with Crippen LogP contribution in [0, 0.1) is 0 Å². The lowest BCUT2D eigenvalue weighted by atomic mass is 10.0. The second kappa shape index (κ2) is 11.5. The van der Waals surface area contributed by atoms with Gasteiger partial charge in [0.2, 0.25) is 5.91 Å². The van der Waals surface area contributed by atoms with Crippen molar-refractivity contribution in [2.75, 3.05) is 20.3 Å². The van der Waals surface area contributed by atoms with Crippen LogP contribution in [-0.2, 0) is 14.3 Å². The van der Waals surface area contributed by atoms with E-state index in [1.54, 1.807) is 32.2 Å². The lowest BCUT2D eigenvalue weighted by Crippen LogP contribution is -2.29. The molecule has 0 aliphatic carbocycles. The summed E-state index contributed by atoms with van der Waals surface area (Å²) in [5.74, 6) is 0.640. The number of para-hydroxylation sites is 1. The molecule has 0 spiro atoms. The Hall–Kier alpha value is -3.28. The second-order valence-electron chi connectivity index (χ2n) is 6.15. The van der Waals surface area contributed by atoms with E-state index in [0.29, 0.717) is 18.1 Å². The van der Waals surface area contributed by atoms with Gasteiger partial charge >= 0.3 is 5.97 Å². The summed E-state index contributed by atoms with van der Waals surface area (Å²) >= 11 is 0. The molecule has 2 aromatic carbocycles. The Morgan fingerprint density at radius 3 is 2.59 bits per heavy atom. The molecule has 154 valence electrons. The van der Waals surface area contributed by atoms with Crippen LogP contribution in [0.1, 0.15) is 37.4 Å². The number of carbonyl (C=O) groups is 2. The van der Waals surface area contributed by atoms with Crippen molar-refractivity contribution in [3.63, 3.8) is 0 Å². The van der Waals surface area contributed by atoms with Crippen molar-refractivity contribution in [3.05, 3.63) is 65.7 Å². The fraction of sp³-hybridized carbons (Fsp3) is 0.304. The number of hydrogen-bond donors (Lipinski definition) is 1. The van der Waals surface area contributed by atoms with E-state index in [4.69, 9.17) is 14.2 Å². The lowest BCUT2D eigenvalue weighted by Gasteiger charge is -2.18. The number of carbonyl (C=O) groups excluding carboxylic acids is 2. The maximum absolute atomic E-state index is 12.5. The van der Waals surface area contributed by atoms with Gasteiger partial charge in [0.05, 0.1) is 32.8 Å². The van der Waals surface area contributed by atoms with Crippen LogP contribution >= 0.6 is 0 Å². The Morgan fingerprint density at radius 2 is 1.86 bits per heavy atom. The Kier molecular flexibility index (Phi) is 8.76. The number of nitrogens with one attached hydrogen (secondary N) is 1. The standard InChI is InChI=1S/C23H27NO5/c1-4-28-21-12-7-6-9-17(21)13-14-22(25)24-20(16-23(26)29-5-2)18-10-8-11-19(15-18)27-3/h6-15,20H,4-5,16H2,1-3H3,(H,24,25)/b14-13+. The van der Waals surface area contributed by atoms with Crippen LogP contribution in [0.15, 0.2) is 54.6 Å². The van der Waals surface area contributed by atoms with Crippen LogP contribution in [0.5, 0.6) is 11.5 Å². The Labute approximate surface area is 171 Å². The molecule has 0 heterocycles. The fourth-order valence-electron chi connectivity index (χ4n) is 2.79. The molecule has 1 N–H and O–H groups in total. The molecule has 0 aliphatic heterocycles. The van der Waals surface area contributed by atoms with Crippen molar-refractivity contribution in [2.24, 2.45) is 0 Å². The van der Waals surface area contributed by atoms with Crippen molar-refractivity contribution in [1.29, 1.82) is 0 Å². The first kappa shape index (κ1) is 22.0. The lowest BCUT2D eigenvalue weighted by molar-refractivity contribution is -0.143. The van der Waals surface area contributed by atoms with E-state index in [2.05, 4.69) is 5.32 Å². The van der Waals surface area contributed by atoms with E-state index in [1.165, 1.54) is 6.08 Å². The van der Waals surface area contributed by atoms with Gasteiger partial charge in [0.1, 0.15) is 11.5 Å². The van der Waals surface area contributed by atoms with Crippen molar-refractivity contribution in [2.45, 2.75) is 26.3 Å². The van der Waals surface area contributed by atoms with Crippen molar-refractivity contribution >= 4 is 18.0 Å². The molecule has 2 rings (SSSR count). The van der Waals surface area contributed by atoms with Crippen LogP contribution in [0.4, 0.5) is 0 Å². The van der Waals surface area contributed by atoms with E-state index in [-0.39, 0.29) is 24.9 Å². The molecule has 0 saturated carbocycles. The number of benzene rings is 2. The number of hydrogen-bond acceptors (Lipinski definition) is 5. The van der Waals surface area contributed by atoms with Crippen LogP contribution in [0.25, 0.3) is 6.08 Å². The predicted octanol–water partition coefficient (Wildman–Crippen LogP) is 3.92. The maximum Gasteiger partial charge on any atom is 0.308 e. The molecule has 0 saturated heterocycles. The van der Waals surface area contributed by atoms with Gasteiger partial charge in [0.25, 0.3) is 0 Å². The normalized spacial score (nSPS) is 11.7. The first-order chi connectivity index (χ1) is 14.1. The quantitative estimate of drug-likeness (QED) is 0.486. The van der Waals surface area contributed by atoms with Gasteiger partial charge in [0.15, 0.2) is 0 Å². The monoisotopic (exact) mass is 397 g/mol. The van der Waals surface area contributed by atoms with Gasteiger partial charge in [-0.15, -0.1) is 0 Å². The fourth-order valence-corrected chi connectivity index (χ4v) is 2.79. The van der Waals surface area contributed by atoms with Crippen LogP contribution in [0.3, 0.4) is 0 Å². The van der Waals surface area contributed by atoms with Gasteiger partial charge in [0, 0.05) is 11.6 Å². The Balaban J connectivity index is 2.17. The molecule has 0 aliphatic rings.